The SMILES string of the molecule is C1CC1c1nsc(NCC(C2CC2)C2CC2)n1. The quantitative estimate of drug-likeness (QED) is 0.841. The van der Waals surface area contributed by atoms with E-state index in [9.17, 15) is 0 Å². The number of hydrogen-bond donors (Lipinski definition) is 1. The molecule has 0 bridgehead atoms. The van der Waals surface area contributed by atoms with E-state index in [2.05, 4.69) is 14.7 Å². The van der Waals surface area contributed by atoms with Crippen molar-refractivity contribution in [1.29, 1.82) is 0 Å². The topological polar surface area (TPSA) is 37.8 Å². The van der Waals surface area contributed by atoms with Crippen LogP contribution in [-0.4, -0.2) is 15.9 Å². The monoisotopic (exact) mass is 249 g/mol. The summed E-state index contributed by atoms with van der Waals surface area (Å²) in [4.78, 5) is 4.60. The van der Waals surface area contributed by atoms with E-state index in [-0.39, 0.29) is 0 Å². The zero-order valence-electron chi connectivity index (χ0n) is 10.1. The lowest BCUT2D eigenvalue weighted by Gasteiger charge is -2.15. The second-order valence-corrected chi connectivity index (χ2v) is 6.70. The number of anilines is 1. The molecule has 3 nitrogen and oxygen atoms in total. The van der Waals surface area contributed by atoms with Crippen molar-refractivity contribution >= 4 is 16.7 Å². The molecule has 3 fully saturated rings. The maximum absolute atomic E-state index is 4.60. The fourth-order valence-corrected chi connectivity index (χ4v) is 3.44. The summed E-state index contributed by atoms with van der Waals surface area (Å²) in [5.41, 5.74) is 0. The number of nitrogens with one attached hydrogen (secondary N) is 1. The highest BCUT2D eigenvalue weighted by atomic mass is 32.1. The highest BCUT2D eigenvalue weighted by Crippen LogP contribution is 2.49. The smallest absolute Gasteiger partial charge is 0.202 e. The van der Waals surface area contributed by atoms with Crippen molar-refractivity contribution in [3.63, 3.8) is 0 Å². The Labute approximate surface area is 106 Å². The van der Waals surface area contributed by atoms with Crippen LogP contribution in [0.1, 0.15) is 50.3 Å². The van der Waals surface area contributed by atoms with Gasteiger partial charge in [0.1, 0.15) is 5.82 Å². The van der Waals surface area contributed by atoms with Gasteiger partial charge in [-0.05, 0) is 56.3 Å². The fraction of sp³-hybridized carbons (Fsp3) is 0.846. The number of rotatable bonds is 6. The van der Waals surface area contributed by atoms with Crippen LogP contribution in [-0.2, 0) is 0 Å². The van der Waals surface area contributed by atoms with Gasteiger partial charge in [-0.15, -0.1) is 0 Å². The summed E-state index contributed by atoms with van der Waals surface area (Å²) in [5, 5.41) is 4.59. The Morgan fingerprint density at radius 2 is 1.82 bits per heavy atom. The van der Waals surface area contributed by atoms with E-state index >= 15 is 0 Å². The minimum Gasteiger partial charge on any atom is -0.360 e. The van der Waals surface area contributed by atoms with E-state index in [1.165, 1.54) is 38.5 Å². The molecule has 0 radical (unpaired) electrons. The maximum atomic E-state index is 4.60. The average Bonchev–Trinajstić information content (AvgIpc) is 3.19. The normalized spacial score (nSPS) is 24.3. The lowest BCUT2D eigenvalue weighted by atomic mass is 9.98. The standard InChI is InChI=1S/C13H19N3S/c1-2-8(1)11(9-3-4-9)7-14-13-15-12(16-17-13)10-5-6-10/h8-11H,1-7H2,(H,14,15,16). The van der Waals surface area contributed by atoms with Gasteiger partial charge in [0.2, 0.25) is 5.13 Å². The molecule has 4 rings (SSSR count). The molecule has 0 aromatic carbocycles. The molecule has 0 amide bonds. The first-order valence-corrected chi connectivity index (χ1v) is 7.75. The number of aromatic nitrogens is 2. The van der Waals surface area contributed by atoms with Crippen LogP contribution in [0, 0.1) is 17.8 Å². The van der Waals surface area contributed by atoms with E-state index in [4.69, 9.17) is 0 Å². The minimum atomic E-state index is 0.685. The largest absolute Gasteiger partial charge is 0.360 e. The van der Waals surface area contributed by atoms with E-state index in [1.807, 2.05) is 0 Å². The fourth-order valence-electron chi connectivity index (χ4n) is 2.79. The lowest BCUT2D eigenvalue weighted by Crippen LogP contribution is -2.18. The number of nitrogens with zero attached hydrogens (tertiary/aromatic N) is 2. The molecule has 3 aliphatic carbocycles. The molecule has 1 heterocycles. The highest BCUT2D eigenvalue weighted by Gasteiger charge is 2.41. The molecule has 0 atom stereocenters. The third-order valence-corrected chi connectivity index (χ3v) is 5.02. The van der Waals surface area contributed by atoms with Gasteiger partial charge in [0.05, 0.1) is 0 Å². The predicted molar refractivity (Wildman–Crippen MR) is 69.3 cm³/mol. The van der Waals surface area contributed by atoms with Crippen LogP contribution >= 0.6 is 11.5 Å². The molecular formula is C13H19N3S. The van der Waals surface area contributed by atoms with Crippen LogP contribution in [0.15, 0.2) is 0 Å². The van der Waals surface area contributed by atoms with Crippen molar-refractivity contribution < 1.29 is 0 Å². The molecule has 17 heavy (non-hydrogen) atoms. The van der Waals surface area contributed by atoms with Crippen molar-refractivity contribution in [2.24, 2.45) is 17.8 Å². The van der Waals surface area contributed by atoms with Crippen LogP contribution < -0.4 is 5.32 Å². The van der Waals surface area contributed by atoms with E-state index < -0.39 is 0 Å². The number of hydrogen-bond acceptors (Lipinski definition) is 4. The third kappa shape index (κ3) is 2.32. The third-order valence-electron chi connectivity index (χ3n) is 4.33. The first-order valence-electron chi connectivity index (χ1n) is 6.97. The van der Waals surface area contributed by atoms with Gasteiger partial charge in [0, 0.05) is 24.0 Å². The summed E-state index contributed by atoms with van der Waals surface area (Å²) in [6.45, 7) is 1.13. The Hall–Kier alpha value is -0.640. The van der Waals surface area contributed by atoms with E-state index in [0.717, 1.165) is 35.3 Å². The van der Waals surface area contributed by atoms with E-state index in [1.54, 1.807) is 11.5 Å². The van der Waals surface area contributed by atoms with Gasteiger partial charge in [-0.25, -0.2) is 4.98 Å². The summed E-state index contributed by atoms with van der Waals surface area (Å²) in [6, 6.07) is 0. The first-order chi connectivity index (χ1) is 8.40. The van der Waals surface area contributed by atoms with Gasteiger partial charge in [0.15, 0.2) is 0 Å². The Balaban J connectivity index is 1.35. The highest BCUT2D eigenvalue weighted by molar-refractivity contribution is 7.09. The van der Waals surface area contributed by atoms with Gasteiger partial charge in [-0.1, -0.05) is 0 Å². The molecule has 3 aliphatic rings. The second-order valence-electron chi connectivity index (χ2n) is 5.95. The van der Waals surface area contributed by atoms with Crippen molar-refractivity contribution in [2.75, 3.05) is 11.9 Å². The van der Waals surface area contributed by atoms with Crippen molar-refractivity contribution in [3.05, 3.63) is 5.82 Å². The predicted octanol–water partition coefficient (Wildman–Crippen LogP) is 3.26. The molecule has 1 aromatic rings. The van der Waals surface area contributed by atoms with Gasteiger partial charge >= 0.3 is 0 Å². The van der Waals surface area contributed by atoms with Gasteiger partial charge in [0.25, 0.3) is 0 Å². The zero-order valence-corrected chi connectivity index (χ0v) is 10.9. The van der Waals surface area contributed by atoms with Crippen LogP contribution in [0.3, 0.4) is 0 Å². The zero-order chi connectivity index (χ0) is 11.2. The molecule has 0 saturated heterocycles. The average molecular weight is 249 g/mol. The Morgan fingerprint density at radius 1 is 1.12 bits per heavy atom. The molecule has 3 saturated carbocycles. The minimum absolute atomic E-state index is 0.685. The van der Waals surface area contributed by atoms with Crippen molar-refractivity contribution in [2.45, 2.75) is 44.4 Å². The molecule has 4 heteroatoms. The molecule has 0 aliphatic heterocycles. The van der Waals surface area contributed by atoms with Crippen molar-refractivity contribution in [1.82, 2.24) is 9.36 Å². The van der Waals surface area contributed by atoms with E-state index in [0.29, 0.717) is 5.92 Å². The van der Waals surface area contributed by atoms with Crippen LogP contribution in [0.25, 0.3) is 0 Å². The van der Waals surface area contributed by atoms with Crippen LogP contribution in [0.2, 0.25) is 0 Å². The Bertz CT molecular complexity index is 393. The van der Waals surface area contributed by atoms with Crippen molar-refractivity contribution in [3.8, 4) is 0 Å². The summed E-state index contributed by atoms with van der Waals surface area (Å²) < 4.78 is 4.45. The Kier molecular flexibility index (Phi) is 2.39. The summed E-state index contributed by atoms with van der Waals surface area (Å²) >= 11 is 1.55. The lowest BCUT2D eigenvalue weighted by molar-refractivity contribution is 0.428. The first kappa shape index (κ1) is 10.3. The summed E-state index contributed by atoms with van der Waals surface area (Å²) in [5.74, 6) is 4.73. The van der Waals surface area contributed by atoms with Crippen LogP contribution in [0.5, 0.6) is 0 Å². The molecule has 0 spiro atoms. The molecule has 1 aromatic heterocycles. The maximum Gasteiger partial charge on any atom is 0.202 e. The summed E-state index contributed by atoms with van der Waals surface area (Å²) in [7, 11) is 0. The van der Waals surface area contributed by atoms with Gasteiger partial charge < -0.3 is 5.32 Å². The summed E-state index contributed by atoms with van der Waals surface area (Å²) in [6.07, 6.45) is 8.45. The molecular weight excluding hydrogens is 230 g/mol. The van der Waals surface area contributed by atoms with Gasteiger partial charge in [-0.3, -0.25) is 0 Å². The molecule has 92 valence electrons. The molecule has 0 unspecified atom stereocenters. The van der Waals surface area contributed by atoms with Gasteiger partial charge in [-0.2, -0.15) is 4.37 Å². The van der Waals surface area contributed by atoms with Crippen LogP contribution in [0.4, 0.5) is 5.13 Å². The Morgan fingerprint density at radius 3 is 2.41 bits per heavy atom. The second kappa shape index (κ2) is 3.94. The molecule has 1 N–H and O–H groups in total.